The summed E-state index contributed by atoms with van der Waals surface area (Å²) < 4.78 is 5.86. The zero-order valence-electron chi connectivity index (χ0n) is 14.1. The molecule has 0 aromatic heterocycles. The number of Topliss-reactive ketones (excluding diaryl/α,β-unsaturated/α-hetero) is 1. The standard InChI is InChI=1S/C19H20N2O3/c1-4-20(5-2)14-8-6-13(7-9-14)18-19(22)16-12-15(24-3)10-11-17(16)21(18)23/h6-12H,4-5H2,1-3H3. The molecular weight excluding hydrogens is 304 g/mol. The predicted molar refractivity (Wildman–Crippen MR) is 94.7 cm³/mol. The molecule has 5 nitrogen and oxygen atoms in total. The summed E-state index contributed by atoms with van der Waals surface area (Å²) in [6.45, 7) is 6.00. The Morgan fingerprint density at radius 2 is 1.75 bits per heavy atom. The molecule has 1 aliphatic rings. The van der Waals surface area contributed by atoms with Gasteiger partial charge in [0.05, 0.1) is 12.7 Å². The second-order valence-corrected chi connectivity index (χ2v) is 5.57. The van der Waals surface area contributed by atoms with E-state index in [0.29, 0.717) is 27.3 Å². The molecule has 0 amide bonds. The van der Waals surface area contributed by atoms with Crippen LogP contribution in [0, 0.1) is 5.21 Å². The van der Waals surface area contributed by atoms with Crippen molar-refractivity contribution in [3.63, 3.8) is 0 Å². The Kier molecular flexibility index (Phi) is 4.25. The first kappa shape index (κ1) is 16.1. The van der Waals surface area contributed by atoms with E-state index in [1.54, 1.807) is 18.2 Å². The predicted octanol–water partition coefficient (Wildman–Crippen LogP) is 3.37. The van der Waals surface area contributed by atoms with Crippen LogP contribution in [0.2, 0.25) is 0 Å². The van der Waals surface area contributed by atoms with Crippen molar-refractivity contribution < 1.29 is 14.3 Å². The zero-order chi connectivity index (χ0) is 17.3. The Labute approximate surface area is 141 Å². The molecule has 0 bridgehead atoms. The van der Waals surface area contributed by atoms with Crippen LogP contribution < -0.4 is 9.64 Å². The lowest BCUT2D eigenvalue weighted by molar-refractivity contribution is -0.355. The van der Waals surface area contributed by atoms with Crippen molar-refractivity contribution in [3.8, 4) is 5.75 Å². The second-order valence-electron chi connectivity index (χ2n) is 5.57. The minimum absolute atomic E-state index is 0.157. The number of ketones is 1. The maximum absolute atomic E-state index is 12.7. The third-order valence-corrected chi connectivity index (χ3v) is 4.35. The first-order chi connectivity index (χ1) is 11.6. The number of anilines is 1. The van der Waals surface area contributed by atoms with Gasteiger partial charge in [-0.2, -0.15) is 4.74 Å². The first-order valence-corrected chi connectivity index (χ1v) is 8.03. The lowest BCUT2D eigenvalue weighted by atomic mass is 10.0. The molecule has 2 aromatic rings. The van der Waals surface area contributed by atoms with Gasteiger partial charge < -0.3 is 14.8 Å². The van der Waals surface area contributed by atoms with Gasteiger partial charge in [0.15, 0.2) is 0 Å². The van der Waals surface area contributed by atoms with E-state index in [-0.39, 0.29) is 11.5 Å². The average molecular weight is 324 g/mol. The number of carbonyl (C=O) groups is 1. The fourth-order valence-electron chi connectivity index (χ4n) is 3.01. The lowest BCUT2D eigenvalue weighted by Crippen LogP contribution is -2.22. The molecule has 1 aliphatic heterocycles. The van der Waals surface area contributed by atoms with Gasteiger partial charge in [0, 0.05) is 24.8 Å². The van der Waals surface area contributed by atoms with Crippen LogP contribution in [0.1, 0.15) is 29.8 Å². The van der Waals surface area contributed by atoms with Gasteiger partial charge in [-0.05, 0) is 50.2 Å². The van der Waals surface area contributed by atoms with E-state index in [2.05, 4.69) is 18.7 Å². The zero-order valence-corrected chi connectivity index (χ0v) is 14.1. The molecule has 0 atom stereocenters. The van der Waals surface area contributed by atoms with E-state index in [0.717, 1.165) is 18.8 Å². The topological polar surface area (TPSA) is 55.6 Å². The fourth-order valence-corrected chi connectivity index (χ4v) is 3.01. The van der Waals surface area contributed by atoms with Gasteiger partial charge in [0.25, 0.3) is 11.5 Å². The number of ether oxygens (including phenoxy) is 1. The summed E-state index contributed by atoms with van der Waals surface area (Å²) in [4.78, 5) is 14.9. The van der Waals surface area contributed by atoms with Gasteiger partial charge in [-0.25, -0.2) is 0 Å². The van der Waals surface area contributed by atoms with Gasteiger partial charge in [-0.3, -0.25) is 4.79 Å². The molecule has 0 unspecified atom stereocenters. The molecule has 5 heteroatoms. The summed E-state index contributed by atoms with van der Waals surface area (Å²) >= 11 is 0. The smallest absolute Gasteiger partial charge is 0.272 e. The van der Waals surface area contributed by atoms with E-state index in [1.807, 2.05) is 24.3 Å². The highest BCUT2D eigenvalue weighted by Gasteiger charge is 2.36. The van der Waals surface area contributed by atoms with Crippen molar-refractivity contribution in [2.45, 2.75) is 13.8 Å². The average Bonchev–Trinajstić information content (AvgIpc) is 2.87. The molecule has 3 rings (SSSR count). The Balaban J connectivity index is 1.98. The lowest BCUT2D eigenvalue weighted by Gasteiger charge is -2.20. The quantitative estimate of drug-likeness (QED) is 0.625. The number of rotatable bonds is 5. The number of benzene rings is 2. The molecule has 1 heterocycles. The SMILES string of the molecule is CCN(CC)c1ccc(C2=[N+]([O-])c3ccc(OC)cc3C2=O)cc1. The summed E-state index contributed by atoms with van der Waals surface area (Å²) in [7, 11) is 1.53. The van der Waals surface area contributed by atoms with Crippen LogP contribution in [0.3, 0.4) is 0 Å². The summed E-state index contributed by atoms with van der Waals surface area (Å²) in [5, 5.41) is 12.5. The molecule has 0 N–H and O–H groups in total. The molecule has 0 saturated heterocycles. The number of carbonyl (C=O) groups excluding carboxylic acids is 1. The van der Waals surface area contributed by atoms with Crippen molar-refractivity contribution in [1.29, 1.82) is 0 Å². The highest BCUT2D eigenvalue weighted by Crippen LogP contribution is 2.31. The summed E-state index contributed by atoms with van der Waals surface area (Å²) in [5.74, 6) is 0.295. The highest BCUT2D eigenvalue weighted by atomic mass is 16.5. The summed E-state index contributed by atoms with van der Waals surface area (Å²) in [6.07, 6.45) is 0. The van der Waals surface area contributed by atoms with Gasteiger partial charge in [0.2, 0.25) is 5.69 Å². The van der Waals surface area contributed by atoms with Gasteiger partial charge in [-0.1, -0.05) is 0 Å². The first-order valence-electron chi connectivity index (χ1n) is 8.03. The number of hydrogen-bond acceptors (Lipinski definition) is 4. The second kappa shape index (κ2) is 6.35. The van der Waals surface area contributed by atoms with Crippen molar-refractivity contribution in [1.82, 2.24) is 0 Å². The summed E-state index contributed by atoms with van der Waals surface area (Å²) in [6, 6.07) is 12.5. The fraction of sp³-hybridized carbons (Fsp3) is 0.263. The van der Waals surface area contributed by atoms with Gasteiger partial charge in [0.1, 0.15) is 11.3 Å². The normalized spacial score (nSPS) is 13.2. The van der Waals surface area contributed by atoms with Crippen LogP contribution in [0.15, 0.2) is 42.5 Å². The number of nitrogens with zero attached hydrogens (tertiary/aromatic N) is 2. The van der Waals surface area contributed by atoms with Crippen molar-refractivity contribution in [2.24, 2.45) is 0 Å². The van der Waals surface area contributed by atoms with Crippen LogP contribution in [0.4, 0.5) is 11.4 Å². The molecule has 124 valence electrons. The third kappa shape index (κ3) is 2.52. The van der Waals surface area contributed by atoms with Crippen LogP contribution in [0.5, 0.6) is 5.75 Å². The maximum Gasteiger partial charge on any atom is 0.272 e. The molecule has 0 saturated carbocycles. The van der Waals surface area contributed by atoms with Crippen molar-refractivity contribution in [2.75, 3.05) is 25.1 Å². The largest absolute Gasteiger partial charge is 0.618 e. The van der Waals surface area contributed by atoms with Gasteiger partial charge in [-0.15, -0.1) is 0 Å². The van der Waals surface area contributed by atoms with E-state index < -0.39 is 0 Å². The van der Waals surface area contributed by atoms with Crippen LogP contribution in [-0.2, 0) is 0 Å². The van der Waals surface area contributed by atoms with Crippen LogP contribution in [-0.4, -0.2) is 36.4 Å². The van der Waals surface area contributed by atoms with E-state index in [4.69, 9.17) is 4.74 Å². The molecule has 0 aliphatic carbocycles. The minimum atomic E-state index is -0.269. The third-order valence-electron chi connectivity index (χ3n) is 4.35. The van der Waals surface area contributed by atoms with E-state index in [1.165, 1.54) is 7.11 Å². The number of methoxy groups -OCH3 is 1. The maximum atomic E-state index is 12.7. The van der Waals surface area contributed by atoms with Crippen LogP contribution in [0.25, 0.3) is 0 Å². The molecule has 0 spiro atoms. The van der Waals surface area contributed by atoms with Crippen LogP contribution >= 0.6 is 0 Å². The number of fused-ring (bicyclic) bond motifs is 1. The Morgan fingerprint density at radius 3 is 2.33 bits per heavy atom. The summed E-state index contributed by atoms with van der Waals surface area (Å²) in [5.41, 5.74) is 2.60. The monoisotopic (exact) mass is 324 g/mol. The Hall–Kier alpha value is -2.82. The molecule has 0 radical (unpaired) electrons. The minimum Gasteiger partial charge on any atom is -0.618 e. The van der Waals surface area contributed by atoms with E-state index >= 15 is 0 Å². The number of hydrogen-bond donors (Lipinski definition) is 0. The van der Waals surface area contributed by atoms with Crippen molar-refractivity contribution in [3.05, 3.63) is 58.8 Å². The van der Waals surface area contributed by atoms with E-state index in [9.17, 15) is 10.0 Å². The Morgan fingerprint density at radius 1 is 1.08 bits per heavy atom. The molecule has 0 fully saturated rings. The molecular formula is C19H20N2O3. The van der Waals surface area contributed by atoms with Gasteiger partial charge >= 0.3 is 0 Å². The molecule has 24 heavy (non-hydrogen) atoms. The Bertz CT molecular complexity index is 806. The molecule has 2 aromatic carbocycles. The highest BCUT2D eigenvalue weighted by molar-refractivity contribution is 6.52. The van der Waals surface area contributed by atoms with Crippen molar-refractivity contribution >= 4 is 22.9 Å².